The summed E-state index contributed by atoms with van der Waals surface area (Å²) in [5, 5.41) is 41.9. The van der Waals surface area contributed by atoms with Crippen LogP contribution in [0.3, 0.4) is 0 Å². The molecule has 0 radical (unpaired) electrons. The maximum absolute atomic E-state index is 13.1. The molecule has 202 valence electrons. The van der Waals surface area contributed by atoms with Crippen LogP contribution in [0, 0.1) is 13.8 Å². The highest BCUT2D eigenvalue weighted by Crippen LogP contribution is 2.56. The number of benzene rings is 2. The molecule has 0 spiro atoms. The summed E-state index contributed by atoms with van der Waals surface area (Å²) in [7, 11) is -6.12. The Balaban J connectivity index is 1.22. The van der Waals surface area contributed by atoms with E-state index in [2.05, 4.69) is 0 Å². The fraction of sp³-hybridized carbons (Fsp3) is 0.478. The summed E-state index contributed by atoms with van der Waals surface area (Å²) in [6, 6.07) is 10.7. The first-order valence-corrected chi connectivity index (χ1v) is 14.1. The van der Waals surface area contributed by atoms with Crippen molar-refractivity contribution in [2.24, 2.45) is 0 Å². The molecule has 3 aliphatic rings. The van der Waals surface area contributed by atoms with Gasteiger partial charge in [0.15, 0.2) is 6.29 Å². The van der Waals surface area contributed by atoms with Crippen molar-refractivity contribution in [3.63, 3.8) is 0 Å². The third-order valence-electron chi connectivity index (χ3n) is 6.37. The number of aliphatic hydroxyl groups excluding tert-OH is 4. The van der Waals surface area contributed by atoms with E-state index in [-0.39, 0.29) is 19.0 Å². The summed E-state index contributed by atoms with van der Waals surface area (Å²) in [4.78, 5) is 0. The Hall–Kier alpha value is -1.66. The van der Waals surface area contributed by atoms with E-state index in [9.17, 15) is 25.0 Å². The minimum Gasteiger partial charge on any atom is -0.426 e. The van der Waals surface area contributed by atoms with E-state index in [1.807, 2.05) is 32.0 Å². The van der Waals surface area contributed by atoms with Gasteiger partial charge in [0, 0.05) is 11.1 Å². The molecule has 1 saturated heterocycles. The van der Waals surface area contributed by atoms with Gasteiger partial charge in [-0.25, -0.2) is 9.09 Å². The molecule has 0 aliphatic carbocycles. The second kappa shape index (κ2) is 10.8. The van der Waals surface area contributed by atoms with Gasteiger partial charge in [0.1, 0.15) is 42.0 Å². The van der Waals surface area contributed by atoms with Gasteiger partial charge < -0.3 is 34.2 Å². The third kappa shape index (κ3) is 5.56. The van der Waals surface area contributed by atoms with Gasteiger partial charge in [0.25, 0.3) is 0 Å². The van der Waals surface area contributed by atoms with Crippen molar-refractivity contribution in [2.75, 3.05) is 6.61 Å². The van der Waals surface area contributed by atoms with E-state index in [0.717, 1.165) is 16.7 Å². The zero-order chi connectivity index (χ0) is 26.3. The van der Waals surface area contributed by atoms with E-state index in [4.69, 9.17) is 31.9 Å². The van der Waals surface area contributed by atoms with Crippen molar-refractivity contribution in [1.82, 2.24) is 0 Å². The lowest BCUT2D eigenvalue weighted by Crippen LogP contribution is -2.61. The normalized spacial score (nSPS) is 34.0. The number of phosphoric ester groups is 1. The average molecular weight is 558 g/mol. The lowest BCUT2D eigenvalue weighted by atomic mass is 9.96. The number of hydrogen-bond acceptors (Lipinski definition) is 12. The Morgan fingerprint density at radius 2 is 1.68 bits per heavy atom. The van der Waals surface area contributed by atoms with Crippen LogP contribution >= 0.6 is 16.4 Å². The molecule has 4 N–H and O–H groups in total. The summed E-state index contributed by atoms with van der Waals surface area (Å²) in [6.07, 6.45) is -10.1. The lowest BCUT2D eigenvalue weighted by molar-refractivity contribution is -0.293. The highest BCUT2D eigenvalue weighted by Gasteiger charge is 2.51. The van der Waals surface area contributed by atoms with E-state index in [1.54, 1.807) is 18.2 Å². The Labute approximate surface area is 214 Å². The maximum atomic E-state index is 13.1. The van der Waals surface area contributed by atoms with Crippen LogP contribution in [0.2, 0.25) is 0 Å². The molecule has 2 aromatic carbocycles. The summed E-state index contributed by atoms with van der Waals surface area (Å²) in [5.41, 5.74) is 3.46. The molecule has 37 heavy (non-hydrogen) atoms. The number of phosphoric acid groups is 1. The molecule has 12 nitrogen and oxygen atoms in total. The van der Waals surface area contributed by atoms with Crippen LogP contribution in [-0.2, 0) is 40.6 Å². The topological polar surface area (TPSA) is 163 Å². The second-order valence-electron chi connectivity index (χ2n) is 8.91. The van der Waals surface area contributed by atoms with Crippen LogP contribution in [-0.4, -0.2) is 63.8 Å². The number of rotatable bonds is 6. The van der Waals surface area contributed by atoms with Crippen molar-refractivity contribution in [1.29, 1.82) is 0 Å². The largest absolute Gasteiger partial charge is 0.532 e. The Morgan fingerprint density at radius 1 is 1.00 bits per heavy atom. The van der Waals surface area contributed by atoms with E-state index in [0.29, 0.717) is 11.3 Å². The maximum Gasteiger partial charge on any atom is 0.532 e. The number of ether oxygens (including phenoxy) is 1. The third-order valence-corrected chi connectivity index (χ3v) is 8.75. The highest BCUT2D eigenvalue weighted by molar-refractivity contribution is 7.49. The first kappa shape index (κ1) is 26.9. The van der Waals surface area contributed by atoms with Gasteiger partial charge in [-0.05, 0) is 37.1 Å². The molecule has 3 heterocycles. The lowest BCUT2D eigenvalue weighted by Gasteiger charge is -2.42. The molecule has 0 amide bonds. The molecular weight excluding hydrogens is 530 g/mol. The summed E-state index contributed by atoms with van der Waals surface area (Å²) in [5.74, 6) is 0.902. The van der Waals surface area contributed by atoms with Crippen molar-refractivity contribution in [3.8, 4) is 11.5 Å². The molecule has 5 rings (SSSR count). The van der Waals surface area contributed by atoms with Gasteiger partial charge >= 0.3 is 16.4 Å². The van der Waals surface area contributed by atoms with Crippen LogP contribution in [0.15, 0.2) is 36.4 Å². The fourth-order valence-corrected chi connectivity index (χ4v) is 6.46. The Morgan fingerprint density at radius 3 is 2.41 bits per heavy atom. The van der Waals surface area contributed by atoms with Crippen LogP contribution in [0.1, 0.15) is 22.3 Å². The van der Waals surface area contributed by atoms with Crippen molar-refractivity contribution in [3.05, 3.63) is 58.7 Å². The molecule has 1 fully saturated rings. The van der Waals surface area contributed by atoms with Gasteiger partial charge in [-0.15, -0.1) is 0 Å². The molecule has 3 aliphatic heterocycles. The molecule has 14 heteroatoms. The monoisotopic (exact) mass is 558 g/mol. The second-order valence-corrected chi connectivity index (χ2v) is 11.6. The van der Waals surface area contributed by atoms with Gasteiger partial charge in [-0.3, -0.25) is 13.6 Å². The standard InChI is InChI=1S/C23H28O12P2/c1-12-5-3-7-17-14(12)9-29-36(33-17)30-11-16(24)22-20(26)19(25)21(27)23(32-22)35-37(28)31-10-15-13(2)6-4-8-18(15)34-37/h3-8,16,19-27H,9-11H2,1-2H3/t16-,19+,20+,21+,22-,23+,36?,37?/m1/s1. The molecule has 0 aromatic heterocycles. The van der Waals surface area contributed by atoms with Gasteiger partial charge in [0.2, 0.25) is 0 Å². The van der Waals surface area contributed by atoms with Crippen LogP contribution in [0.4, 0.5) is 0 Å². The Kier molecular flexibility index (Phi) is 7.89. The smallest absolute Gasteiger partial charge is 0.426 e. The minimum absolute atomic E-state index is 0.0701. The van der Waals surface area contributed by atoms with E-state index in [1.165, 1.54) is 0 Å². The number of aryl methyl sites for hydroxylation is 2. The molecule has 2 unspecified atom stereocenters. The van der Waals surface area contributed by atoms with Gasteiger partial charge in [0.05, 0.1) is 19.8 Å². The van der Waals surface area contributed by atoms with Crippen LogP contribution < -0.4 is 9.05 Å². The summed E-state index contributed by atoms with van der Waals surface area (Å²) < 4.78 is 51.6. The highest BCUT2D eigenvalue weighted by atomic mass is 31.2. The summed E-state index contributed by atoms with van der Waals surface area (Å²) in [6.45, 7) is 3.57. The SMILES string of the molecule is Cc1cccc2c1COP(OC[C@@H](O)[C@H]1O[C@@H](OP3(=O)OCc4c(C)cccc4O3)[C@@H](O)[C@@H](O)[C@@H]1O)O2. The first-order chi connectivity index (χ1) is 17.6. The zero-order valence-corrected chi connectivity index (χ0v) is 21.8. The predicted octanol–water partition coefficient (Wildman–Crippen LogP) is 2.36. The summed E-state index contributed by atoms with van der Waals surface area (Å²) >= 11 is 0. The van der Waals surface area contributed by atoms with Gasteiger partial charge in [-0.2, -0.15) is 0 Å². The molecular formula is C23H28O12P2. The minimum atomic E-state index is -4.27. The zero-order valence-electron chi connectivity index (χ0n) is 20.0. The van der Waals surface area contributed by atoms with E-state index < -0.39 is 59.8 Å². The molecule has 2 aromatic rings. The Bertz CT molecular complexity index is 1180. The fourth-order valence-electron chi connectivity index (χ4n) is 4.16. The molecule has 8 atom stereocenters. The molecule has 0 bridgehead atoms. The van der Waals surface area contributed by atoms with Crippen molar-refractivity contribution >= 4 is 16.4 Å². The average Bonchev–Trinajstić information content (AvgIpc) is 2.87. The number of aliphatic hydroxyl groups is 4. The number of fused-ring (bicyclic) bond motifs is 2. The first-order valence-electron chi connectivity index (χ1n) is 11.6. The van der Waals surface area contributed by atoms with Crippen LogP contribution in [0.25, 0.3) is 0 Å². The predicted molar refractivity (Wildman–Crippen MR) is 127 cm³/mol. The van der Waals surface area contributed by atoms with Gasteiger partial charge in [-0.1, -0.05) is 24.3 Å². The molecule has 0 saturated carbocycles. The quantitative estimate of drug-likeness (QED) is 0.384. The van der Waals surface area contributed by atoms with Crippen LogP contribution in [0.5, 0.6) is 11.5 Å². The van der Waals surface area contributed by atoms with Crippen molar-refractivity contribution < 1.29 is 56.9 Å². The van der Waals surface area contributed by atoms with E-state index >= 15 is 0 Å². The number of hydrogen-bond donors (Lipinski definition) is 4. The van der Waals surface area contributed by atoms with Crippen molar-refractivity contribution in [2.45, 2.75) is 63.9 Å².